The number of aliphatic carboxylic acids is 1. The first-order chi connectivity index (χ1) is 10.1. The highest BCUT2D eigenvalue weighted by molar-refractivity contribution is 5.96. The molecule has 0 saturated heterocycles. The van der Waals surface area contributed by atoms with Gasteiger partial charge in [0.05, 0.1) is 6.42 Å². The summed E-state index contributed by atoms with van der Waals surface area (Å²) in [6.45, 7) is 0.0916. The zero-order valence-electron chi connectivity index (χ0n) is 11.6. The van der Waals surface area contributed by atoms with Crippen molar-refractivity contribution in [1.29, 1.82) is 0 Å². The van der Waals surface area contributed by atoms with Crippen LogP contribution in [0.15, 0.2) is 24.3 Å². The number of hydrogen-bond donors (Lipinski definition) is 3. The number of carboxylic acid groups (broad SMARTS) is 1. The standard InChI is InChI=1S/C15H18N2O4/c18-13(19)8-9-16-14(20)11-4-6-12(7-5-11)17-15(21)10-2-1-3-10/h4-7,10H,1-3,8-9H2,(H,16,20)(H,17,21)(H,18,19). The lowest BCUT2D eigenvalue weighted by Gasteiger charge is -2.24. The highest BCUT2D eigenvalue weighted by atomic mass is 16.4. The second-order valence-electron chi connectivity index (χ2n) is 5.09. The minimum atomic E-state index is -0.954. The van der Waals surface area contributed by atoms with Crippen LogP contribution in [0.5, 0.6) is 0 Å². The number of carboxylic acids is 1. The van der Waals surface area contributed by atoms with E-state index in [9.17, 15) is 14.4 Å². The lowest BCUT2D eigenvalue weighted by Crippen LogP contribution is -2.28. The number of anilines is 1. The Bertz CT molecular complexity index is 535. The molecule has 0 aliphatic heterocycles. The van der Waals surface area contributed by atoms with Gasteiger partial charge in [0.1, 0.15) is 0 Å². The second-order valence-corrected chi connectivity index (χ2v) is 5.09. The van der Waals surface area contributed by atoms with E-state index in [1.54, 1.807) is 24.3 Å². The van der Waals surface area contributed by atoms with E-state index >= 15 is 0 Å². The molecule has 0 atom stereocenters. The van der Waals surface area contributed by atoms with Gasteiger partial charge in [0.25, 0.3) is 5.91 Å². The molecule has 3 N–H and O–H groups in total. The molecule has 112 valence electrons. The molecule has 0 spiro atoms. The molecule has 1 saturated carbocycles. The van der Waals surface area contributed by atoms with Crippen molar-refractivity contribution in [2.75, 3.05) is 11.9 Å². The molecule has 6 nitrogen and oxygen atoms in total. The van der Waals surface area contributed by atoms with Crippen LogP contribution < -0.4 is 10.6 Å². The third kappa shape index (κ3) is 4.30. The van der Waals surface area contributed by atoms with Gasteiger partial charge < -0.3 is 15.7 Å². The molecular formula is C15H18N2O4. The number of carbonyl (C=O) groups is 3. The van der Waals surface area contributed by atoms with Crippen LogP contribution in [-0.4, -0.2) is 29.4 Å². The lowest BCUT2D eigenvalue weighted by molar-refractivity contribution is -0.136. The van der Waals surface area contributed by atoms with Gasteiger partial charge in [-0.15, -0.1) is 0 Å². The summed E-state index contributed by atoms with van der Waals surface area (Å²) < 4.78 is 0. The van der Waals surface area contributed by atoms with Crippen molar-refractivity contribution in [3.63, 3.8) is 0 Å². The van der Waals surface area contributed by atoms with E-state index < -0.39 is 5.97 Å². The molecule has 2 rings (SSSR count). The number of rotatable bonds is 6. The Hall–Kier alpha value is -2.37. The molecule has 0 unspecified atom stereocenters. The van der Waals surface area contributed by atoms with Crippen molar-refractivity contribution in [1.82, 2.24) is 5.32 Å². The SMILES string of the molecule is O=C(O)CCNC(=O)c1ccc(NC(=O)C2CCC2)cc1. The molecule has 2 amide bonds. The third-order valence-corrected chi connectivity index (χ3v) is 3.52. The van der Waals surface area contributed by atoms with Gasteiger partial charge in [-0.3, -0.25) is 14.4 Å². The molecule has 21 heavy (non-hydrogen) atoms. The molecule has 1 aliphatic carbocycles. The number of benzene rings is 1. The molecule has 1 fully saturated rings. The monoisotopic (exact) mass is 290 g/mol. The fraction of sp³-hybridized carbons (Fsp3) is 0.400. The maximum absolute atomic E-state index is 11.8. The van der Waals surface area contributed by atoms with Crippen LogP contribution in [0, 0.1) is 5.92 Å². The molecule has 0 bridgehead atoms. The Morgan fingerprint density at radius 2 is 1.81 bits per heavy atom. The summed E-state index contributed by atoms with van der Waals surface area (Å²) >= 11 is 0. The Morgan fingerprint density at radius 3 is 2.33 bits per heavy atom. The Kier molecular flexibility index (Phi) is 4.92. The first-order valence-electron chi connectivity index (χ1n) is 6.97. The quantitative estimate of drug-likeness (QED) is 0.742. The first kappa shape index (κ1) is 15.0. The summed E-state index contributed by atoms with van der Waals surface area (Å²) in [6.07, 6.45) is 2.88. The maximum atomic E-state index is 11.8. The minimum absolute atomic E-state index is 0.0277. The van der Waals surface area contributed by atoms with Gasteiger partial charge in [-0.2, -0.15) is 0 Å². The molecule has 0 heterocycles. The van der Waals surface area contributed by atoms with Crippen molar-refractivity contribution in [3.05, 3.63) is 29.8 Å². The Balaban J connectivity index is 1.84. The summed E-state index contributed by atoms with van der Waals surface area (Å²) in [4.78, 5) is 33.9. The van der Waals surface area contributed by atoms with Gasteiger partial charge >= 0.3 is 5.97 Å². The Labute approximate surface area is 122 Å². The normalized spacial score (nSPS) is 14.1. The zero-order chi connectivity index (χ0) is 15.2. The van der Waals surface area contributed by atoms with E-state index in [1.165, 1.54) is 0 Å². The Morgan fingerprint density at radius 1 is 1.14 bits per heavy atom. The number of carbonyl (C=O) groups excluding carboxylic acids is 2. The summed E-state index contributed by atoms with van der Waals surface area (Å²) in [5.41, 5.74) is 1.09. The van der Waals surface area contributed by atoms with E-state index in [4.69, 9.17) is 5.11 Å². The van der Waals surface area contributed by atoms with Crippen LogP contribution in [0.2, 0.25) is 0 Å². The molecule has 1 aromatic rings. The van der Waals surface area contributed by atoms with Gasteiger partial charge in [0.15, 0.2) is 0 Å². The van der Waals surface area contributed by atoms with Crippen molar-refractivity contribution in [3.8, 4) is 0 Å². The first-order valence-corrected chi connectivity index (χ1v) is 6.97. The predicted octanol–water partition coefficient (Wildman–Crippen LogP) is 1.63. The third-order valence-electron chi connectivity index (χ3n) is 3.52. The van der Waals surface area contributed by atoms with Crippen LogP contribution in [0.1, 0.15) is 36.0 Å². The van der Waals surface area contributed by atoms with Crippen LogP contribution in [0.25, 0.3) is 0 Å². The average Bonchev–Trinajstić information content (AvgIpc) is 2.36. The van der Waals surface area contributed by atoms with E-state index in [0.29, 0.717) is 11.3 Å². The summed E-state index contributed by atoms with van der Waals surface area (Å²) in [6, 6.07) is 6.55. The largest absolute Gasteiger partial charge is 0.481 e. The van der Waals surface area contributed by atoms with Crippen LogP contribution in [-0.2, 0) is 9.59 Å². The van der Waals surface area contributed by atoms with Gasteiger partial charge in [0.2, 0.25) is 5.91 Å². The highest BCUT2D eigenvalue weighted by Gasteiger charge is 2.25. The molecule has 0 aromatic heterocycles. The summed E-state index contributed by atoms with van der Waals surface area (Å²) in [5.74, 6) is -1.14. The van der Waals surface area contributed by atoms with E-state index in [1.807, 2.05) is 0 Å². The molecule has 6 heteroatoms. The van der Waals surface area contributed by atoms with E-state index in [0.717, 1.165) is 19.3 Å². The van der Waals surface area contributed by atoms with Crippen LogP contribution in [0.4, 0.5) is 5.69 Å². The van der Waals surface area contributed by atoms with Crippen molar-refractivity contribution < 1.29 is 19.5 Å². The summed E-state index contributed by atoms with van der Waals surface area (Å²) in [7, 11) is 0. The van der Waals surface area contributed by atoms with E-state index in [-0.39, 0.29) is 30.7 Å². The maximum Gasteiger partial charge on any atom is 0.305 e. The number of hydrogen-bond acceptors (Lipinski definition) is 3. The topological polar surface area (TPSA) is 95.5 Å². The van der Waals surface area contributed by atoms with Gasteiger partial charge in [0, 0.05) is 23.7 Å². The second kappa shape index (κ2) is 6.88. The smallest absolute Gasteiger partial charge is 0.305 e. The van der Waals surface area contributed by atoms with Crippen LogP contribution in [0.3, 0.4) is 0 Å². The number of nitrogens with one attached hydrogen (secondary N) is 2. The fourth-order valence-corrected chi connectivity index (χ4v) is 2.00. The highest BCUT2D eigenvalue weighted by Crippen LogP contribution is 2.27. The van der Waals surface area contributed by atoms with Crippen molar-refractivity contribution >= 4 is 23.5 Å². The summed E-state index contributed by atoms with van der Waals surface area (Å²) in [5, 5.41) is 13.8. The predicted molar refractivity (Wildman–Crippen MR) is 77.0 cm³/mol. The zero-order valence-corrected chi connectivity index (χ0v) is 11.6. The molecule has 1 aromatic carbocycles. The molecule has 1 aliphatic rings. The number of amides is 2. The molecule has 0 radical (unpaired) electrons. The van der Waals surface area contributed by atoms with E-state index in [2.05, 4.69) is 10.6 Å². The van der Waals surface area contributed by atoms with Crippen LogP contribution >= 0.6 is 0 Å². The van der Waals surface area contributed by atoms with Gasteiger partial charge in [-0.05, 0) is 37.1 Å². The molecular weight excluding hydrogens is 272 g/mol. The average molecular weight is 290 g/mol. The minimum Gasteiger partial charge on any atom is -0.481 e. The van der Waals surface area contributed by atoms with Crippen molar-refractivity contribution in [2.24, 2.45) is 5.92 Å². The van der Waals surface area contributed by atoms with Gasteiger partial charge in [-0.1, -0.05) is 6.42 Å². The van der Waals surface area contributed by atoms with Gasteiger partial charge in [-0.25, -0.2) is 0 Å². The van der Waals surface area contributed by atoms with Crippen molar-refractivity contribution in [2.45, 2.75) is 25.7 Å². The lowest BCUT2D eigenvalue weighted by atomic mass is 9.85. The fourth-order valence-electron chi connectivity index (χ4n) is 2.00.